The molecule has 0 bridgehead atoms. The highest BCUT2D eigenvalue weighted by atomic mass is 15.1. The number of aromatic nitrogens is 4. The van der Waals surface area contributed by atoms with Crippen LogP contribution in [0, 0.1) is 0 Å². The number of hydrogen-bond acceptors (Lipinski definition) is 4. The van der Waals surface area contributed by atoms with E-state index in [0.29, 0.717) is 23.5 Å². The summed E-state index contributed by atoms with van der Waals surface area (Å²) < 4.78 is 14.9. The van der Waals surface area contributed by atoms with Gasteiger partial charge in [-0.1, -0.05) is 5.57 Å². The summed E-state index contributed by atoms with van der Waals surface area (Å²) in [6.45, 7) is 6.43. The molecule has 2 heterocycles. The van der Waals surface area contributed by atoms with Crippen LogP contribution in [0.1, 0.15) is 16.1 Å². The van der Waals surface area contributed by atoms with Crippen LogP contribution in [0.5, 0.6) is 0 Å². The number of rotatable bonds is 4. The Morgan fingerprint density at radius 1 is 1.60 bits per heavy atom. The van der Waals surface area contributed by atoms with Gasteiger partial charge < -0.3 is 10.3 Å². The fraction of sp³-hybridized carbons (Fsp3) is 0.300. The summed E-state index contributed by atoms with van der Waals surface area (Å²) in [6.07, 6.45) is 0.727. The van der Waals surface area contributed by atoms with Crippen LogP contribution >= 0.6 is 0 Å². The third-order valence-corrected chi connectivity index (χ3v) is 1.97. The van der Waals surface area contributed by atoms with Crippen molar-refractivity contribution in [1.82, 2.24) is 19.9 Å². The van der Waals surface area contributed by atoms with Gasteiger partial charge in [0, 0.05) is 6.54 Å². The van der Waals surface area contributed by atoms with Gasteiger partial charge in [-0.25, -0.2) is 15.0 Å². The van der Waals surface area contributed by atoms with E-state index in [-0.39, 0.29) is 12.6 Å². The normalized spacial score (nSPS) is 12.3. The number of aromatic amines is 1. The van der Waals surface area contributed by atoms with E-state index in [2.05, 4.69) is 31.8 Å². The summed E-state index contributed by atoms with van der Waals surface area (Å²) in [5, 5.41) is 3.09. The third kappa shape index (κ3) is 2.12. The Balaban J connectivity index is 2.28. The quantitative estimate of drug-likeness (QED) is 0.746. The Morgan fingerprint density at radius 2 is 2.47 bits per heavy atom. The number of H-pyrrole nitrogens is 1. The largest absolute Gasteiger partial charge is 0.368 e. The van der Waals surface area contributed by atoms with Gasteiger partial charge in [0.15, 0.2) is 11.5 Å². The Kier molecular flexibility index (Phi) is 2.01. The molecule has 0 fully saturated rings. The maximum absolute atomic E-state index is 7.45. The summed E-state index contributed by atoms with van der Waals surface area (Å²) >= 11 is 0. The van der Waals surface area contributed by atoms with Gasteiger partial charge >= 0.3 is 0 Å². The molecule has 0 radical (unpaired) electrons. The fourth-order valence-corrected chi connectivity index (χ4v) is 1.20. The summed E-state index contributed by atoms with van der Waals surface area (Å²) in [5.74, 6) is 0.507. The number of anilines is 1. The number of nitrogens with one attached hydrogen (secondary N) is 2. The molecule has 0 aliphatic carbocycles. The molecule has 2 N–H and O–H groups in total. The van der Waals surface area contributed by atoms with Crippen LogP contribution in [0.4, 0.5) is 5.82 Å². The zero-order valence-electron chi connectivity index (χ0n) is 10.5. The molecule has 2 aromatic heterocycles. The van der Waals surface area contributed by atoms with Gasteiger partial charge in [0.2, 0.25) is 0 Å². The average Bonchev–Trinajstić information content (AvgIpc) is 2.57. The predicted octanol–water partition coefficient (Wildman–Crippen LogP) is 1.73. The Bertz CT molecular complexity index is 563. The lowest BCUT2D eigenvalue weighted by Crippen LogP contribution is -2.04. The Morgan fingerprint density at radius 3 is 3.27 bits per heavy atom. The van der Waals surface area contributed by atoms with Crippen LogP contribution in [0.3, 0.4) is 0 Å². The topological polar surface area (TPSA) is 66.5 Å². The van der Waals surface area contributed by atoms with E-state index in [1.54, 1.807) is 0 Å². The molecular weight excluding hydrogens is 190 g/mol. The summed E-state index contributed by atoms with van der Waals surface area (Å²) in [7, 11) is 0. The highest BCUT2D eigenvalue weighted by Gasteiger charge is 2.03. The molecule has 78 valence electrons. The molecule has 2 aromatic rings. The molecule has 5 nitrogen and oxygen atoms in total. The van der Waals surface area contributed by atoms with Crippen molar-refractivity contribution in [1.29, 1.82) is 0 Å². The van der Waals surface area contributed by atoms with Gasteiger partial charge in [-0.15, -0.1) is 6.58 Å². The second-order valence-corrected chi connectivity index (χ2v) is 3.35. The Labute approximate surface area is 90.5 Å². The molecule has 0 unspecified atom stereocenters. The van der Waals surface area contributed by atoms with Gasteiger partial charge in [-0.05, 0) is 13.3 Å². The molecule has 0 aliphatic rings. The SMILES string of the molecule is [2H]c1nc(NCCC(=C)C)c2[nH]c([2H])nc2n1. The van der Waals surface area contributed by atoms with Crippen molar-refractivity contribution in [2.24, 2.45) is 0 Å². The monoisotopic (exact) mass is 205 g/mol. The lowest BCUT2D eigenvalue weighted by Gasteiger charge is -2.04. The molecule has 0 aromatic carbocycles. The second kappa shape index (κ2) is 4.08. The number of hydrogen-bond donors (Lipinski definition) is 2. The van der Waals surface area contributed by atoms with E-state index in [1.807, 2.05) is 6.92 Å². The number of imidazole rings is 1. The first kappa shape index (κ1) is 7.39. The molecule has 0 aliphatic heterocycles. The first-order chi connectivity index (χ1) is 8.06. The van der Waals surface area contributed by atoms with E-state index in [9.17, 15) is 0 Å². The summed E-state index contributed by atoms with van der Waals surface area (Å²) in [5.41, 5.74) is 1.97. The molecule has 0 atom stereocenters. The van der Waals surface area contributed by atoms with Crippen LogP contribution < -0.4 is 5.32 Å². The van der Waals surface area contributed by atoms with Crippen molar-refractivity contribution in [2.45, 2.75) is 13.3 Å². The fourth-order valence-electron chi connectivity index (χ4n) is 1.20. The van der Waals surface area contributed by atoms with Crippen molar-refractivity contribution in [3.63, 3.8) is 0 Å². The van der Waals surface area contributed by atoms with E-state index in [4.69, 9.17) is 2.74 Å². The second-order valence-electron chi connectivity index (χ2n) is 3.35. The van der Waals surface area contributed by atoms with Gasteiger partial charge in [0.1, 0.15) is 14.6 Å². The molecule has 0 saturated carbocycles. The van der Waals surface area contributed by atoms with Crippen molar-refractivity contribution < 1.29 is 2.74 Å². The minimum atomic E-state index is -0.109. The van der Waals surface area contributed by atoms with Gasteiger partial charge in [-0.3, -0.25) is 0 Å². The van der Waals surface area contributed by atoms with Crippen LogP contribution in [-0.2, 0) is 0 Å². The molecule has 0 saturated heterocycles. The predicted molar refractivity (Wildman–Crippen MR) is 59.6 cm³/mol. The van der Waals surface area contributed by atoms with Crippen LogP contribution in [0.25, 0.3) is 11.2 Å². The van der Waals surface area contributed by atoms with Crippen molar-refractivity contribution in [3.05, 3.63) is 24.8 Å². The first-order valence-electron chi connectivity index (χ1n) is 5.65. The molecular formula is C10H13N5. The maximum atomic E-state index is 7.45. The minimum absolute atomic E-state index is 0.0165. The minimum Gasteiger partial charge on any atom is -0.368 e. The maximum Gasteiger partial charge on any atom is 0.182 e. The first-order valence-corrected chi connectivity index (χ1v) is 4.65. The zero-order valence-corrected chi connectivity index (χ0v) is 8.46. The van der Waals surface area contributed by atoms with Crippen LogP contribution in [-0.4, -0.2) is 26.5 Å². The van der Waals surface area contributed by atoms with Gasteiger partial charge in [-0.2, -0.15) is 0 Å². The average molecular weight is 205 g/mol. The van der Waals surface area contributed by atoms with Crippen LogP contribution in [0.15, 0.2) is 24.8 Å². The lowest BCUT2D eigenvalue weighted by atomic mass is 10.2. The summed E-state index contributed by atoms with van der Waals surface area (Å²) in [6, 6.07) is 0. The molecule has 0 spiro atoms. The Hall–Kier alpha value is -1.91. The summed E-state index contributed by atoms with van der Waals surface area (Å²) in [4.78, 5) is 14.4. The van der Waals surface area contributed by atoms with E-state index in [0.717, 1.165) is 12.0 Å². The zero-order chi connectivity index (χ0) is 12.4. The third-order valence-electron chi connectivity index (χ3n) is 1.97. The molecule has 5 heteroatoms. The smallest absolute Gasteiger partial charge is 0.182 e. The number of fused-ring (bicyclic) bond motifs is 1. The van der Waals surface area contributed by atoms with E-state index in [1.165, 1.54) is 0 Å². The molecule has 15 heavy (non-hydrogen) atoms. The van der Waals surface area contributed by atoms with Gasteiger partial charge in [0.25, 0.3) is 0 Å². The van der Waals surface area contributed by atoms with Crippen molar-refractivity contribution in [3.8, 4) is 0 Å². The van der Waals surface area contributed by atoms with Crippen molar-refractivity contribution in [2.75, 3.05) is 11.9 Å². The van der Waals surface area contributed by atoms with Gasteiger partial charge in [0.05, 0.1) is 6.30 Å². The molecule has 0 amide bonds. The van der Waals surface area contributed by atoms with E-state index >= 15 is 0 Å². The standard InChI is InChI=1S/C10H13N5/c1-7(2)3-4-11-9-8-10(13-5-12-8)15-6-14-9/h5-6H,1,3-4H2,2H3,(H2,11,12,13,14,15)/i5D,6D. The van der Waals surface area contributed by atoms with Crippen molar-refractivity contribution >= 4 is 17.0 Å². The number of nitrogens with zero attached hydrogens (tertiary/aromatic N) is 3. The highest BCUT2D eigenvalue weighted by Crippen LogP contribution is 2.14. The lowest BCUT2D eigenvalue weighted by molar-refractivity contribution is 0.990. The molecule has 2 rings (SSSR count). The van der Waals surface area contributed by atoms with E-state index < -0.39 is 0 Å². The van der Waals surface area contributed by atoms with Crippen LogP contribution in [0.2, 0.25) is 0 Å². The highest BCUT2D eigenvalue weighted by molar-refractivity contribution is 5.81.